The van der Waals surface area contributed by atoms with Crippen LogP contribution < -0.4 is 4.74 Å². The van der Waals surface area contributed by atoms with E-state index < -0.39 is 5.97 Å². The van der Waals surface area contributed by atoms with E-state index in [0.29, 0.717) is 13.2 Å². The number of ether oxygens (including phenoxy) is 2. The summed E-state index contributed by atoms with van der Waals surface area (Å²) in [7, 11) is 0. The maximum atomic E-state index is 11.5. The molecule has 0 aliphatic heterocycles. The molecule has 0 spiro atoms. The van der Waals surface area contributed by atoms with Gasteiger partial charge in [0.05, 0.1) is 24.7 Å². The third kappa shape index (κ3) is 12.2. The Labute approximate surface area is 175 Å². The summed E-state index contributed by atoms with van der Waals surface area (Å²) in [6.07, 6.45) is 12.7. The van der Waals surface area contributed by atoms with Crippen LogP contribution in [0.15, 0.2) is 24.3 Å². The summed E-state index contributed by atoms with van der Waals surface area (Å²) >= 11 is 0. The molecular weight excluding hydrogens is 368 g/mol. The molecule has 0 heterocycles. The van der Waals surface area contributed by atoms with E-state index in [2.05, 4.69) is 0 Å². The number of esters is 1. The highest BCUT2D eigenvalue weighted by molar-refractivity contribution is 5.87. The van der Waals surface area contributed by atoms with Gasteiger partial charge in [0.15, 0.2) is 0 Å². The molecule has 0 amide bonds. The van der Waals surface area contributed by atoms with Crippen LogP contribution in [-0.2, 0) is 9.53 Å². The highest BCUT2D eigenvalue weighted by Gasteiger charge is 2.10. The summed E-state index contributed by atoms with van der Waals surface area (Å²) in [5.74, 6) is -0.232. The van der Waals surface area contributed by atoms with Gasteiger partial charge in [-0.3, -0.25) is 4.79 Å². The Kier molecular flexibility index (Phi) is 13.6. The average molecular weight is 407 g/mol. The predicted octanol–water partition coefficient (Wildman–Crippen LogP) is 6.25. The maximum absolute atomic E-state index is 11.5. The fourth-order valence-electron chi connectivity index (χ4n) is 2.98. The first-order valence-corrected chi connectivity index (χ1v) is 11.2. The zero-order valence-electron chi connectivity index (χ0n) is 18.2. The van der Waals surface area contributed by atoms with Crippen LogP contribution in [0.5, 0.6) is 5.75 Å². The van der Waals surface area contributed by atoms with Gasteiger partial charge < -0.3 is 14.6 Å². The van der Waals surface area contributed by atoms with E-state index in [9.17, 15) is 9.59 Å². The normalized spacial score (nSPS) is 11.8. The molecule has 0 aliphatic carbocycles. The second-order valence-corrected chi connectivity index (χ2v) is 7.69. The number of unbranched alkanes of at least 4 members (excludes halogenated alkanes) is 9. The van der Waals surface area contributed by atoms with Gasteiger partial charge in [-0.05, 0) is 43.5 Å². The van der Waals surface area contributed by atoms with Gasteiger partial charge in [-0.2, -0.15) is 0 Å². The molecule has 0 radical (unpaired) electrons. The zero-order chi connectivity index (χ0) is 21.3. The lowest BCUT2D eigenvalue weighted by Gasteiger charge is -2.09. The molecule has 1 aromatic rings. The lowest BCUT2D eigenvalue weighted by atomic mass is 10.1. The molecule has 0 aliphatic rings. The van der Waals surface area contributed by atoms with Crippen molar-refractivity contribution in [1.82, 2.24) is 0 Å². The largest absolute Gasteiger partial charge is 0.494 e. The van der Waals surface area contributed by atoms with Crippen molar-refractivity contribution < 1.29 is 24.2 Å². The molecule has 0 bridgehead atoms. The van der Waals surface area contributed by atoms with E-state index >= 15 is 0 Å². The van der Waals surface area contributed by atoms with Crippen molar-refractivity contribution in [2.24, 2.45) is 5.92 Å². The molecule has 0 aromatic heterocycles. The topological polar surface area (TPSA) is 72.8 Å². The van der Waals surface area contributed by atoms with Crippen LogP contribution in [0.3, 0.4) is 0 Å². The van der Waals surface area contributed by atoms with Crippen molar-refractivity contribution in [3.63, 3.8) is 0 Å². The molecule has 1 unspecified atom stereocenters. The molecule has 1 atom stereocenters. The Balaban J connectivity index is 1.84. The van der Waals surface area contributed by atoms with Crippen molar-refractivity contribution in [2.45, 2.75) is 84.5 Å². The summed E-state index contributed by atoms with van der Waals surface area (Å²) in [5.41, 5.74) is 0.280. The minimum Gasteiger partial charge on any atom is -0.494 e. The van der Waals surface area contributed by atoms with Gasteiger partial charge in [-0.15, -0.1) is 0 Å². The summed E-state index contributed by atoms with van der Waals surface area (Å²) in [5, 5.41) is 8.86. The second kappa shape index (κ2) is 15.8. The van der Waals surface area contributed by atoms with Gasteiger partial charge in [-0.25, -0.2) is 4.79 Å². The Hall–Kier alpha value is -2.04. The fourth-order valence-corrected chi connectivity index (χ4v) is 2.98. The first kappa shape index (κ1) is 25.0. The van der Waals surface area contributed by atoms with Gasteiger partial charge in [-0.1, -0.05) is 65.2 Å². The third-order valence-electron chi connectivity index (χ3n) is 5.17. The number of carbonyl (C=O) groups excluding carboxylic acids is 1. The van der Waals surface area contributed by atoms with E-state index in [-0.39, 0.29) is 17.5 Å². The van der Waals surface area contributed by atoms with Crippen LogP contribution in [0.1, 0.15) is 94.8 Å². The van der Waals surface area contributed by atoms with E-state index in [1.165, 1.54) is 38.5 Å². The van der Waals surface area contributed by atoms with E-state index in [4.69, 9.17) is 14.6 Å². The Morgan fingerprint density at radius 3 is 1.79 bits per heavy atom. The first-order chi connectivity index (χ1) is 14.0. The van der Waals surface area contributed by atoms with E-state index in [0.717, 1.165) is 37.9 Å². The number of aromatic carboxylic acids is 1. The van der Waals surface area contributed by atoms with Crippen LogP contribution in [0.25, 0.3) is 0 Å². The van der Waals surface area contributed by atoms with Crippen LogP contribution in [0.2, 0.25) is 0 Å². The molecular formula is C24H38O5. The lowest BCUT2D eigenvalue weighted by Crippen LogP contribution is -2.14. The van der Waals surface area contributed by atoms with Crippen LogP contribution in [0.4, 0.5) is 0 Å². The first-order valence-electron chi connectivity index (χ1n) is 11.2. The van der Waals surface area contributed by atoms with Crippen molar-refractivity contribution in [3.05, 3.63) is 29.8 Å². The molecule has 29 heavy (non-hydrogen) atoms. The van der Waals surface area contributed by atoms with Crippen LogP contribution in [-0.4, -0.2) is 30.3 Å². The molecule has 164 valence electrons. The van der Waals surface area contributed by atoms with Gasteiger partial charge >= 0.3 is 11.9 Å². The summed E-state index contributed by atoms with van der Waals surface area (Å²) in [6.45, 7) is 5.16. The Morgan fingerprint density at radius 2 is 1.31 bits per heavy atom. The van der Waals surface area contributed by atoms with E-state index in [1.54, 1.807) is 24.3 Å². The molecule has 5 nitrogen and oxygen atoms in total. The number of benzene rings is 1. The number of hydrogen-bond donors (Lipinski definition) is 1. The molecule has 1 aromatic carbocycles. The Morgan fingerprint density at radius 1 is 0.828 bits per heavy atom. The van der Waals surface area contributed by atoms with Gasteiger partial charge in [0.1, 0.15) is 5.75 Å². The number of carboxylic acid groups (broad SMARTS) is 1. The molecule has 0 fully saturated rings. The molecule has 0 saturated carbocycles. The van der Waals surface area contributed by atoms with Crippen molar-refractivity contribution in [1.29, 1.82) is 0 Å². The number of carbonyl (C=O) groups is 2. The average Bonchev–Trinajstić information content (AvgIpc) is 2.73. The number of hydrogen-bond acceptors (Lipinski definition) is 4. The van der Waals surface area contributed by atoms with Crippen LogP contribution in [0, 0.1) is 5.92 Å². The molecule has 0 saturated heterocycles. The standard InChI is InChI=1S/C24H38O5/c1-3-20(2)24(27)29-19-13-11-9-7-5-4-6-8-10-12-18-28-22-16-14-21(15-17-22)23(25)26/h14-17,20H,3-13,18-19H2,1-2H3,(H,25,26). The number of carboxylic acids is 1. The zero-order valence-corrected chi connectivity index (χ0v) is 18.2. The smallest absolute Gasteiger partial charge is 0.335 e. The second-order valence-electron chi connectivity index (χ2n) is 7.69. The predicted molar refractivity (Wildman–Crippen MR) is 115 cm³/mol. The molecule has 1 N–H and O–H groups in total. The van der Waals surface area contributed by atoms with Crippen LogP contribution >= 0.6 is 0 Å². The monoisotopic (exact) mass is 406 g/mol. The molecule has 5 heteroatoms. The molecule has 1 rings (SSSR count). The van der Waals surface area contributed by atoms with Crippen molar-refractivity contribution in [2.75, 3.05) is 13.2 Å². The fraction of sp³-hybridized carbons (Fsp3) is 0.667. The van der Waals surface area contributed by atoms with Gasteiger partial charge in [0.2, 0.25) is 0 Å². The van der Waals surface area contributed by atoms with Gasteiger partial charge in [0.25, 0.3) is 0 Å². The maximum Gasteiger partial charge on any atom is 0.335 e. The lowest BCUT2D eigenvalue weighted by molar-refractivity contribution is -0.148. The summed E-state index contributed by atoms with van der Waals surface area (Å²) in [4.78, 5) is 22.3. The third-order valence-corrected chi connectivity index (χ3v) is 5.17. The van der Waals surface area contributed by atoms with E-state index in [1.807, 2.05) is 13.8 Å². The number of rotatable bonds is 17. The summed E-state index contributed by atoms with van der Waals surface area (Å²) < 4.78 is 10.9. The van der Waals surface area contributed by atoms with Gasteiger partial charge in [0, 0.05) is 0 Å². The highest BCUT2D eigenvalue weighted by Crippen LogP contribution is 2.14. The SMILES string of the molecule is CCC(C)C(=O)OCCCCCCCCCCCCOc1ccc(C(=O)O)cc1. The quantitative estimate of drug-likeness (QED) is 0.244. The Bertz CT molecular complexity index is 567. The summed E-state index contributed by atoms with van der Waals surface area (Å²) in [6, 6.07) is 6.55. The minimum atomic E-state index is -0.917. The van der Waals surface area contributed by atoms with Crippen molar-refractivity contribution in [3.8, 4) is 5.75 Å². The highest BCUT2D eigenvalue weighted by atomic mass is 16.5. The van der Waals surface area contributed by atoms with Crippen molar-refractivity contribution >= 4 is 11.9 Å². The minimum absolute atomic E-state index is 0.0203.